The second kappa shape index (κ2) is 5.43. The predicted octanol–water partition coefficient (Wildman–Crippen LogP) is 0.821. The van der Waals surface area contributed by atoms with Gasteiger partial charge in [-0.1, -0.05) is 0 Å². The molecule has 0 fully saturated rings. The number of fused-ring (bicyclic) bond motifs is 1. The highest BCUT2D eigenvalue weighted by Crippen LogP contribution is 2.20. The number of anilines is 1. The summed E-state index contributed by atoms with van der Waals surface area (Å²) in [7, 11) is 0. The predicted molar refractivity (Wildman–Crippen MR) is 78.9 cm³/mol. The molecule has 0 amide bonds. The highest BCUT2D eigenvalue weighted by atomic mass is 32.1. The molecule has 0 aliphatic heterocycles. The fourth-order valence-electron chi connectivity index (χ4n) is 2.02. The minimum Gasteiger partial charge on any atom is -0.363 e. The Kier molecular flexibility index (Phi) is 3.48. The highest BCUT2D eigenvalue weighted by Gasteiger charge is 2.09. The summed E-state index contributed by atoms with van der Waals surface area (Å²) in [5, 5.41) is 6.86. The zero-order chi connectivity index (χ0) is 13.9. The fourth-order valence-corrected chi connectivity index (χ4v) is 2.57. The summed E-state index contributed by atoms with van der Waals surface area (Å²) >= 11 is 1.55. The van der Waals surface area contributed by atoms with Crippen molar-refractivity contribution in [2.24, 2.45) is 5.73 Å². The van der Waals surface area contributed by atoms with E-state index in [1.165, 1.54) is 0 Å². The van der Waals surface area contributed by atoms with Crippen molar-refractivity contribution in [1.82, 2.24) is 19.9 Å². The molecule has 0 aliphatic carbocycles. The van der Waals surface area contributed by atoms with Crippen LogP contribution in [0.1, 0.15) is 10.7 Å². The molecule has 8 heteroatoms. The maximum absolute atomic E-state index is 11.6. The van der Waals surface area contributed by atoms with Crippen LogP contribution in [0.15, 0.2) is 22.4 Å². The van der Waals surface area contributed by atoms with Gasteiger partial charge in [0.1, 0.15) is 16.5 Å². The van der Waals surface area contributed by atoms with Crippen LogP contribution in [0, 0.1) is 0 Å². The molecule has 3 rings (SSSR count). The van der Waals surface area contributed by atoms with E-state index >= 15 is 0 Å². The third-order valence-corrected chi connectivity index (χ3v) is 3.66. The second-order valence-corrected chi connectivity index (χ2v) is 5.27. The van der Waals surface area contributed by atoms with Gasteiger partial charge in [0.05, 0.1) is 11.9 Å². The molecule has 0 bridgehead atoms. The number of hydrogen-bond donors (Lipinski definition) is 4. The van der Waals surface area contributed by atoms with Crippen LogP contribution in [0.3, 0.4) is 0 Å². The minimum atomic E-state index is -0.389. The van der Waals surface area contributed by atoms with E-state index in [9.17, 15) is 4.79 Å². The first-order chi connectivity index (χ1) is 9.76. The van der Waals surface area contributed by atoms with Gasteiger partial charge in [-0.05, 0) is 19.0 Å². The monoisotopic (exact) mass is 290 g/mol. The molecule has 20 heavy (non-hydrogen) atoms. The van der Waals surface area contributed by atoms with Crippen LogP contribution >= 0.6 is 11.3 Å². The van der Waals surface area contributed by atoms with Crippen molar-refractivity contribution in [1.29, 1.82) is 0 Å². The Morgan fingerprint density at radius 1 is 1.40 bits per heavy atom. The maximum Gasteiger partial charge on any atom is 0.348 e. The average Bonchev–Trinajstić information content (AvgIpc) is 3.05. The Bertz CT molecular complexity index is 760. The largest absolute Gasteiger partial charge is 0.363 e. The van der Waals surface area contributed by atoms with Crippen LogP contribution in [0.5, 0.6) is 0 Å². The SMILES string of the molecule is NCCc1cc2c(NCc3nccs3)nc(=O)[nH]c2[nH]1. The van der Waals surface area contributed by atoms with E-state index in [2.05, 4.69) is 25.3 Å². The van der Waals surface area contributed by atoms with Gasteiger partial charge in [0.15, 0.2) is 0 Å². The Labute approximate surface area is 118 Å². The third kappa shape index (κ3) is 2.56. The molecule has 0 unspecified atom stereocenters. The molecule has 7 nitrogen and oxygen atoms in total. The highest BCUT2D eigenvalue weighted by molar-refractivity contribution is 7.09. The fraction of sp³-hybridized carbons (Fsp3) is 0.250. The molecule has 104 valence electrons. The van der Waals surface area contributed by atoms with Gasteiger partial charge < -0.3 is 16.0 Å². The summed E-state index contributed by atoms with van der Waals surface area (Å²) in [6.07, 6.45) is 2.47. The average molecular weight is 290 g/mol. The summed E-state index contributed by atoms with van der Waals surface area (Å²) in [6.45, 7) is 1.09. The lowest BCUT2D eigenvalue weighted by Gasteiger charge is -2.03. The molecular weight excluding hydrogens is 276 g/mol. The Hall–Kier alpha value is -2.19. The first-order valence-electron chi connectivity index (χ1n) is 6.20. The molecule has 0 atom stereocenters. The molecule has 3 aromatic heterocycles. The maximum atomic E-state index is 11.6. The summed E-state index contributed by atoms with van der Waals surface area (Å²) in [5.74, 6) is 0.554. The van der Waals surface area contributed by atoms with Gasteiger partial charge in [0.2, 0.25) is 0 Å². The summed E-state index contributed by atoms with van der Waals surface area (Å²) in [4.78, 5) is 25.6. The molecule has 3 aromatic rings. The number of aromatic nitrogens is 4. The Morgan fingerprint density at radius 2 is 2.30 bits per heavy atom. The van der Waals surface area contributed by atoms with E-state index in [4.69, 9.17) is 5.73 Å². The van der Waals surface area contributed by atoms with E-state index in [0.717, 1.165) is 22.5 Å². The molecule has 3 heterocycles. The topological polar surface area (TPSA) is 112 Å². The summed E-state index contributed by atoms with van der Waals surface area (Å²) in [5.41, 5.74) is 6.79. The van der Waals surface area contributed by atoms with Crippen molar-refractivity contribution in [3.05, 3.63) is 38.8 Å². The van der Waals surface area contributed by atoms with Gasteiger partial charge in [0, 0.05) is 17.3 Å². The van der Waals surface area contributed by atoms with Gasteiger partial charge >= 0.3 is 5.69 Å². The molecule has 0 aromatic carbocycles. The first-order valence-corrected chi connectivity index (χ1v) is 7.08. The molecule has 5 N–H and O–H groups in total. The van der Waals surface area contributed by atoms with Gasteiger partial charge in [-0.2, -0.15) is 4.98 Å². The summed E-state index contributed by atoms with van der Waals surface area (Å²) in [6, 6.07) is 1.95. The van der Waals surface area contributed by atoms with Crippen LogP contribution in [-0.2, 0) is 13.0 Å². The zero-order valence-electron chi connectivity index (χ0n) is 10.6. The van der Waals surface area contributed by atoms with Crippen LogP contribution in [0.2, 0.25) is 0 Å². The number of aromatic amines is 2. The lowest BCUT2D eigenvalue weighted by molar-refractivity contribution is 0.936. The van der Waals surface area contributed by atoms with Gasteiger partial charge in [-0.3, -0.25) is 4.98 Å². The number of rotatable bonds is 5. The van der Waals surface area contributed by atoms with E-state index < -0.39 is 0 Å². The molecule has 0 aliphatic rings. The van der Waals surface area contributed by atoms with Crippen LogP contribution in [0.4, 0.5) is 5.82 Å². The van der Waals surface area contributed by atoms with Crippen LogP contribution in [-0.4, -0.2) is 26.5 Å². The van der Waals surface area contributed by atoms with Gasteiger partial charge in [-0.25, -0.2) is 9.78 Å². The Morgan fingerprint density at radius 3 is 3.05 bits per heavy atom. The Balaban J connectivity index is 1.93. The van der Waals surface area contributed by atoms with E-state index in [-0.39, 0.29) is 5.69 Å². The van der Waals surface area contributed by atoms with E-state index in [1.807, 2.05) is 11.4 Å². The second-order valence-electron chi connectivity index (χ2n) is 4.29. The van der Waals surface area contributed by atoms with Crippen molar-refractivity contribution >= 4 is 28.2 Å². The third-order valence-electron chi connectivity index (χ3n) is 2.88. The normalized spacial score (nSPS) is 11.1. The molecule has 0 radical (unpaired) electrons. The van der Waals surface area contributed by atoms with Crippen LogP contribution in [0.25, 0.3) is 11.0 Å². The number of nitrogens with one attached hydrogen (secondary N) is 3. The smallest absolute Gasteiger partial charge is 0.348 e. The number of thiazole rings is 1. The van der Waals surface area contributed by atoms with Crippen molar-refractivity contribution in [2.45, 2.75) is 13.0 Å². The minimum absolute atomic E-state index is 0.389. The molecule has 0 saturated carbocycles. The zero-order valence-corrected chi connectivity index (χ0v) is 11.5. The van der Waals surface area contributed by atoms with Crippen molar-refractivity contribution in [3.63, 3.8) is 0 Å². The number of H-pyrrole nitrogens is 2. The molecular formula is C12H14N6OS. The summed E-state index contributed by atoms with van der Waals surface area (Å²) < 4.78 is 0. The number of hydrogen-bond acceptors (Lipinski definition) is 6. The van der Waals surface area contributed by atoms with Crippen molar-refractivity contribution in [2.75, 3.05) is 11.9 Å². The number of nitrogens with two attached hydrogens (primary N) is 1. The standard InChI is InChI=1S/C12H14N6OS/c13-2-1-7-5-8-10(15-6-9-14-3-4-20-9)17-12(19)18-11(8)16-7/h3-5H,1-2,6,13H2,(H3,15,16,17,18,19). The van der Waals surface area contributed by atoms with Crippen molar-refractivity contribution in [3.8, 4) is 0 Å². The van der Waals surface area contributed by atoms with Gasteiger partial charge in [-0.15, -0.1) is 11.3 Å². The van der Waals surface area contributed by atoms with Gasteiger partial charge in [0.25, 0.3) is 0 Å². The lowest BCUT2D eigenvalue weighted by Crippen LogP contribution is -2.13. The van der Waals surface area contributed by atoms with Crippen molar-refractivity contribution < 1.29 is 0 Å². The molecule has 0 saturated heterocycles. The van der Waals surface area contributed by atoms with E-state index in [0.29, 0.717) is 24.6 Å². The quantitative estimate of drug-likeness (QED) is 0.556. The number of nitrogens with zero attached hydrogens (tertiary/aromatic N) is 2. The van der Waals surface area contributed by atoms with E-state index in [1.54, 1.807) is 17.5 Å². The lowest BCUT2D eigenvalue weighted by atomic mass is 10.3. The first kappa shape index (κ1) is 12.8. The molecule has 0 spiro atoms. The van der Waals surface area contributed by atoms with Crippen LogP contribution < -0.4 is 16.7 Å².